The molecule has 2 aromatic rings. The second kappa shape index (κ2) is 6.39. The van der Waals surface area contributed by atoms with Crippen molar-refractivity contribution in [1.29, 1.82) is 0 Å². The number of carbonyl (C=O) groups is 4. The standard InChI is InChI=1S/C16H14N2O3.CH2O/c1-17-15(20)13-5-10-6-14-11(7-18(2)16(14)21)3-9(10)4-12(13)8-19;1-2/h3-6,8H,7H2,1-2H3,(H,17,20);1H2. The molecule has 0 radical (unpaired) electrons. The van der Waals surface area contributed by atoms with Gasteiger partial charge in [0.05, 0.1) is 5.56 Å². The Kier molecular flexibility index (Phi) is 4.55. The van der Waals surface area contributed by atoms with Crippen molar-refractivity contribution >= 4 is 35.7 Å². The third-order valence-corrected chi connectivity index (χ3v) is 3.81. The topological polar surface area (TPSA) is 83.6 Å². The average Bonchev–Trinajstić information content (AvgIpc) is 2.86. The molecule has 0 saturated carbocycles. The fourth-order valence-electron chi connectivity index (χ4n) is 2.71. The summed E-state index contributed by atoms with van der Waals surface area (Å²) in [4.78, 5) is 44.7. The first-order valence-electron chi connectivity index (χ1n) is 6.87. The van der Waals surface area contributed by atoms with Crippen molar-refractivity contribution in [3.05, 3.63) is 46.5 Å². The van der Waals surface area contributed by atoms with Gasteiger partial charge >= 0.3 is 0 Å². The SMILES string of the molecule is C=O.CNC(=O)c1cc2cc3c(cc2cc1C=O)CN(C)C3=O. The van der Waals surface area contributed by atoms with Gasteiger partial charge in [0.15, 0.2) is 6.29 Å². The van der Waals surface area contributed by atoms with E-state index in [2.05, 4.69) is 5.32 Å². The van der Waals surface area contributed by atoms with E-state index in [0.717, 1.165) is 16.3 Å². The van der Waals surface area contributed by atoms with Gasteiger partial charge in [-0.25, -0.2) is 0 Å². The van der Waals surface area contributed by atoms with Crippen molar-refractivity contribution in [2.75, 3.05) is 14.1 Å². The maximum absolute atomic E-state index is 12.0. The highest BCUT2D eigenvalue weighted by atomic mass is 16.2. The number of nitrogens with one attached hydrogen (secondary N) is 1. The molecule has 1 heterocycles. The van der Waals surface area contributed by atoms with Crippen LogP contribution in [0.25, 0.3) is 10.8 Å². The lowest BCUT2D eigenvalue weighted by atomic mass is 9.97. The molecule has 0 atom stereocenters. The van der Waals surface area contributed by atoms with E-state index in [4.69, 9.17) is 4.79 Å². The van der Waals surface area contributed by atoms with Gasteiger partial charge in [-0.3, -0.25) is 14.4 Å². The molecular formula is C17H16N2O4. The van der Waals surface area contributed by atoms with E-state index in [1.807, 2.05) is 12.9 Å². The van der Waals surface area contributed by atoms with Crippen LogP contribution in [0.5, 0.6) is 0 Å². The van der Waals surface area contributed by atoms with E-state index >= 15 is 0 Å². The van der Waals surface area contributed by atoms with Crippen LogP contribution < -0.4 is 5.32 Å². The predicted molar refractivity (Wildman–Crippen MR) is 85.6 cm³/mol. The first-order chi connectivity index (χ1) is 11.0. The van der Waals surface area contributed by atoms with Crippen molar-refractivity contribution in [3.8, 4) is 0 Å². The summed E-state index contributed by atoms with van der Waals surface area (Å²) >= 11 is 0. The molecular weight excluding hydrogens is 296 g/mol. The number of rotatable bonds is 2. The van der Waals surface area contributed by atoms with Gasteiger partial charge in [0.2, 0.25) is 0 Å². The first-order valence-corrected chi connectivity index (χ1v) is 6.87. The Hall–Kier alpha value is -3.02. The summed E-state index contributed by atoms with van der Waals surface area (Å²) in [6, 6.07) is 7.05. The zero-order valence-corrected chi connectivity index (χ0v) is 12.9. The number of benzene rings is 2. The zero-order valence-electron chi connectivity index (χ0n) is 12.9. The molecule has 6 heteroatoms. The van der Waals surface area contributed by atoms with E-state index in [1.54, 1.807) is 30.1 Å². The van der Waals surface area contributed by atoms with Gasteiger partial charge < -0.3 is 15.0 Å². The highest BCUT2D eigenvalue weighted by Gasteiger charge is 2.25. The van der Waals surface area contributed by atoms with E-state index in [-0.39, 0.29) is 11.8 Å². The minimum Gasteiger partial charge on any atom is -0.355 e. The van der Waals surface area contributed by atoms with Crippen molar-refractivity contribution in [3.63, 3.8) is 0 Å². The summed E-state index contributed by atoms with van der Waals surface area (Å²) in [5.74, 6) is -0.337. The van der Waals surface area contributed by atoms with Crippen molar-refractivity contribution in [2.24, 2.45) is 0 Å². The average molecular weight is 312 g/mol. The van der Waals surface area contributed by atoms with E-state index in [1.165, 1.54) is 7.05 Å². The van der Waals surface area contributed by atoms with Gasteiger partial charge in [-0.15, -0.1) is 0 Å². The molecule has 0 fully saturated rings. The fraction of sp³-hybridized carbons (Fsp3) is 0.176. The number of hydrogen-bond acceptors (Lipinski definition) is 4. The highest BCUT2D eigenvalue weighted by molar-refractivity contribution is 6.08. The summed E-state index contributed by atoms with van der Waals surface area (Å²) in [6.07, 6.45) is 0.675. The molecule has 0 bridgehead atoms. The van der Waals surface area contributed by atoms with Crippen LogP contribution in [-0.4, -0.2) is 43.9 Å². The monoisotopic (exact) mass is 312 g/mol. The number of aldehydes is 1. The van der Waals surface area contributed by atoms with Crippen LogP contribution in [-0.2, 0) is 11.3 Å². The molecule has 1 N–H and O–H groups in total. The summed E-state index contributed by atoms with van der Waals surface area (Å²) in [5, 5.41) is 4.15. The van der Waals surface area contributed by atoms with E-state index in [9.17, 15) is 14.4 Å². The van der Waals surface area contributed by atoms with Crippen LogP contribution in [0.4, 0.5) is 0 Å². The van der Waals surface area contributed by atoms with Crippen LogP contribution in [0, 0.1) is 0 Å². The van der Waals surface area contributed by atoms with E-state index in [0.29, 0.717) is 29.5 Å². The maximum atomic E-state index is 12.0. The third kappa shape index (κ3) is 2.70. The Morgan fingerprint density at radius 2 is 1.87 bits per heavy atom. The Morgan fingerprint density at radius 3 is 2.48 bits per heavy atom. The molecule has 1 aliphatic heterocycles. The second-order valence-electron chi connectivity index (χ2n) is 5.15. The molecule has 0 unspecified atom stereocenters. The van der Waals surface area contributed by atoms with Gasteiger partial charge in [-0.2, -0.15) is 0 Å². The lowest BCUT2D eigenvalue weighted by Gasteiger charge is -2.07. The largest absolute Gasteiger partial charge is 0.355 e. The van der Waals surface area contributed by atoms with Crippen molar-refractivity contribution < 1.29 is 19.2 Å². The minimum absolute atomic E-state index is 0.0205. The van der Waals surface area contributed by atoms with Crippen LogP contribution in [0.3, 0.4) is 0 Å². The molecule has 0 saturated heterocycles. The Bertz CT molecular complexity index is 814. The van der Waals surface area contributed by atoms with E-state index < -0.39 is 0 Å². The molecule has 2 amide bonds. The molecule has 23 heavy (non-hydrogen) atoms. The van der Waals surface area contributed by atoms with Crippen molar-refractivity contribution in [2.45, 2.75) is 6.54 Å². The molecule has 3 rings (SSSR count). The number of hydrogen-bond donors (Lipinski definition) is 1. The Morgan fingerprint density at radius 1 is 1.22 bits per heavy atom. The summed E-state index contributed by atoms with van der Waals surface area (Å²) in [6.45, 7) is 2.57. The van der Waals surface area contributed by atoms with Gasteiger partial charge in [0.25, 0.3) is 11.8 Å². The van der Waals surface area contributed by atoms with Crippen molar-refractivity contribution in [1.82, 2.24) is 10.2 Å². The summed E-state index contributed by atoms with van der Waals surface area (Å²) in [5.41, 5.74) is 2.27. The molecule has 118 valence electrons. The van der Waals surface area contributed by atoms with Gasteiger partial charge in [0.1, 0.15) is 6.79 Å². The number of carbonyl (C=O) groups excluding carboxylic acids is 4. The smallest absolute Gasteiger partial charge is 0.254 e. The van der Waals surface area contributed by atoms with Gasteiger partial charge in [-0.1, -0.05) is 0 Å². The lowest BCUT2D eigenvalue weighted by Crippen LogP contribution is -2.19. The minimum atomic E-state index is -0.317. The first kappa shape index (κ1) is 16.4. The van der Waals surface area contributed by atoms with Gasteiger partial charge in [0, 0.05) is 31.8 Å². The summed E-state index contributed by atoms with van der Waals surface area (Å²) < 4.78 is 0. The Balaban J connectivity index is 0.000000924. The third-order valence-electron chi connectivity index (χ3n) is 3.81. The van der Waals surface area contributed by atoms with Gasteiger partial charge in [-0.05, 0) is 40.6 Å². The number of amides is 2. The van der Waals surface area contributed by atoms with Crippen LogP contribution in [0.15, 0.2) is 24.3 Å². The molecule has 2 aromatic carbocycles. The number of fused-ring (bicyclic) bond motifs is 2. The maximum Gasteiger partial charge on any atom is 0.254 e. The molecule has 1 aliphatic rings. The summed E-state index contributed by atoms with van der Waals surface area (Å²) in [7, 11) is 3.27. The van der Waals surface area contributed by atoms with Crippen LogP contribution in [0.1, 0.15) is 36.6 Å². The second-order valence-corrected chi connectivity index (χ2v) is 5.15. The van der Waals surface area contributed by atoms with Crippen LogP contribution in [0.2, 0.25) is 0 Å². The predicted octanol–water partition coefficient (Wildman–Crippen LogP) is 1.41. The van der Waals surface area contributed by atoms with Crippen LogP contribution >= 0.6 is 0 Å². The highest BCUT2D eigenvalue weighted by Crippen LogP contribution is 2.28. The Labute approximate surface area is 133 Å². The molecule has 0 aromatic heterocycles. The molecule has 0 spiro atoms. The number of nitrogens with zero attached hydrogens (tertiary/aromatic N) is 1. The molecule has 6 nitrogen and oxygen atoms in total. The normalized spacial score (nSPS) is 12.4. The quantitative estimate of drug-likeness (QED) is 0.850. The fourth-order valence-corrected chi connectivity index (χ4v) is 2.71. The zero-order chi connectivity index (χ0) is 17.1. The lowest BCUT2D eigenvalue weighted by molar-refractivity contribution is -0.0980. The molecule has 0 aliphatic carbocycles.